The van der Waals surface area contributed by atoms with Crippen molar-refractivity contribution in [1.82, 2.24) is 0 Å². The molecule has 2 saturated carbocycles. The predicted molar refractivity (Wildman–Crippen MR) is 93.7 cm³/mol. The van der Waals surface area contributed by atoms with E-state index in [4.69, 9.17) is 14.6 Å². The van der Waals surface area contributed by atoms with Crippen molar-refractivity contribution in [2.45, 2.75) is 38.1 Å². The molecule has 0 aromatic rings. The topological polar surface area (TPSA) is 93.1 Å². The molecule has 140 valence electrons. The number of carbonyl (C=O) groups excluding carboxylic acids is 2. The number of aliphatic hydroxyl groups excluding tert-OH is 2. The average molecular weight is 360 g/mol. The van der Waals surface area contributed by atoms with E-state index in [1.54, 1.807) is 6.92 Å². The van der Waals surface area contributed by atoms with Crippen molar-refractivity contribution in [2.75, 3.05) is 6.61 Å². The molecule has 3 fully saturated rings. The summed E-state index contributed by atoms with van der Waals surface area (Å²) < 4.78 is 11.0. The summed E-state index contributed by atoms with van der Waals surface area (Å²) in [7, 11) is 0. The molecule has 3 aliphatic rings. The van der Waals surface area contributed by atoms with Gasteiger partial charge in [0.25, 0.3) is 0 Å². The van der Waals surface area contributed by atoms with Crippen LogP contribution >= 0.6 is 0 Å². The van der Waals surface area contributed by atoms with Gasteiger partial charge in [-0.15, -0.1) is 0 Å². The van der Waals surface area contributed by atoms with Gasteiger partial charge >= 0.3 is 11.9 Å². The number of ether oxygens (including phenoxy) is 2. The highest BCUT2D eigenvalue weighted by atomic mass is 16.6. The standard InChI is InChI=1S/C20H24O6/c1-9(8-21)5-16(23)25-15-7-13-10(2)6-14(22)18-12(4)20(24)26-19(18)17(13)11(15)3/h5,13-15,17-19,21-22H,2-4,6-8H2,1H3/b9-5+/t13-,14-,15-,17-,18+,19+/m0/s1. The fourth-order valence-corrected chi connectivity index (χ4v) is 4.31. The Morgan fingerprint density at radius 3 is 2.69 bits per heavy atom. The van der Waals surface area contributed by atoms with E-state index in [0.29, 0.717) is 24.0 Å². The molecule has 6 heteroatoms. The monoisotopic (exact) mass is 360 g/mol. The SMILES string of the molecule is C=C1C(=O)O[C@@H]2[C@H]3C(=C)[C@@H](OC(=O)/C=C(\C)CO)C[C@H]3C(=C)C[C@H](O)[C@@H]12. The number of carbonyl (C=O) groups is 2. The van der Waals surface area contributed by atoms with Crippen molar-refractivity contribution >= 4 is 11.9 Å². The van der Waals surface area contributed by atoms with Gasteiger partial charge in [0.2, 0.25) is 0 Å². The van der Waals surface area contributed by atoms with E-state index in [0.717, 1.165) is 5.57 Å². The summed E-state index contributed by atoms with van der Waals surface area (Å²) in [4.78, 5) is 24.0. The molecule has 1 heterocycles. The molecule has 1 saturated heterocycles. The summed E-state index contributed by atoms with van der Waals surface area (Å²) in [5.74, 6) is -1.91. The van der Waals surface area contributed by atoms with Crippen LogP contribution < -0.4 is 0 Å². The Kier molecular flexibility index (Phi) is 4.90. The lowest BCUT2D eigenvalue weighted by molar-refractivity contribution is -0.143. The fourth-order valence-electron chi connectivity index (χ4n) is 4.31. The molecule has 0 radical (unpaired) electrons. The van der Waals surface area contributed by atoms with E-state index >= 15 is 0 Å². The second-order valence-corrected chi connectivity index (χ2v) is 7.37. The van der Waals surface area contributed by atoms with Gasteiger partial charge in [-0.05, 0) is 36.8 Å². The summed E-state index contributed by atoms with van der Waals surface area (Å²) in [6.07, 6.45) is 0.206. The molecule has 0 spiro atoms. The van der Waals surface area contributed by atoms with Gasteiger partial charge < -0.3 is 19.7 Å². The first kappa shape index (κ1) is 18.6. The maximum Gasteiger partial charge on any atom is 0.334 e. The van der Waals surface area contributed by atoms with Gasteiger partial charge in [0.15, 0.2) is 0 Å². The van der Waals surface area contributed by atoms with Crippen molar-refractivity contribution in [3.05, 3.63) is 48.1 Å². The zero-order chi connectivity index (χ0) is 19.2. The van der Waals surface area contributed by atoms with E-state index in [9.17, 15) is 14.7 Å². The van der Waals surface area contributed by atoms with Crippen LogP contribution in [0.25, 0.3) is 0 Å². The molecule has 1 aliphatic heterocycles. The molecule has 2 aliphatic carbocycles. The lowest BCUT2D eigenvalue weighted by Gasteiger charge is -2.27. The Balaban J connectivity index is 1.85. The van der Waals surface area contributed by atoms with Crippen LogP contribution in [0.4, 0.5) is 0 Å². The van der Waals surface area contributed by atoms with Crippen molar-refractivity contribution in [3.63, 3.8) is 0 Å². The second kappa shape index (κ2) is 6.85. The van der Waals surface area contributed by atoms with E-state index in [1.165, 1.54) is 6.08 Å². The van der Waals surface area contributed by atoms with Crippen LogP contribution in [0.3, 0.4) is 0 Å². The lowest BCUT2D eigenvalue weighted by atomic mass is 9.81. The van der Waals surface area contributed by atoms with Crippen molar-refractivity contribution in [3.8, 4) is 0 Å². The molecule has 2 N–H and O–H groups in total. The van der Waals surface area contributed by atoms with Crippen LogP contribution in [-0.4, -0.2) is 47.1 Å². The third kappa shape index (κ3) is 3.04. The first-order valence-electron chi connectivity index (χ1n) is 8.67. The Bertz CT molecular complexity index is 718. The molecule has 0 aromatic carbocycles. The quantitative estimate of drug-likeness (QED) is 0.450. The number of fused-ring (bicyclic) bond motifs is 3. The Hall–Kier alpha value is -2.18. The van der Waals surface area contributed by atoms with E-state index in [-0.39, 0.29) is 24.0 Å². The molecular formula is C20H24O6. The predicted octanol–water partition coefficient (Wildman–Crippen LogP) is 1.45. The van der Waals surface area contributed by atoms with Crippen LogP contribution in [-0.2, 0) is 19.1 Å². The Morgan fingerprint density at radius 1 is 1.35 bits per heavy atom. The lowest BCUT2D eigenvalue weighted by Crippen LogP contribution is -2.34. The third-order valence-electron chi connectivity index (χ3n) is 5.64. The molecular weight excluding hydrogens is 336 g/mol. The first-order valence-corrected chi connectivity index (χ1v) is 8.67. The van der Waals surface area contributed by atoms with Gasteiger partial charge in [0.05, 0.1) is 18.6 Å². The van der Waals surface area contributed by atoms with Gasteiger partial charge in [-0.1, -0.05) is 25.3 Å². The number of hydrogen-bond donors (Lipinski definition) is 2. The smallest absolute Gasteiger partial charge is 0.334 e. The van der Waals surface area contributed by atoms with E-state index in [2.05, 4.69) is 19.7 Å². The molecule has 0 aromatic heterocycles. The highest BCUT2D eigenvalue weighted by Gasteiger charge is 2.56. The van der Waals surface area contributed by atoms with Gasteiger partial charge in [-0.2, -0.15) is 0 Å². The summed E-state index contributed by atoms with van der Waals surface area (Å²) in [6.45, 7) is 13.4. The second-order valence-electron chi connectivity index (χ2n) is 7.37. The minimum absolute atomic E-state index is 0.0911. The number of aliphatic hydroxyl groups is 2. The van der Waals surface area contributed by atoms with Crippen LogP contribution in [0.1, 0.15) is 19.8 Å². The largest absolute Gasteiger partial charge is 0.458 e. The van der Waals surface area contributed by atoms with Crippen LogP contribution in [0.2, 0.25) is 0 Å². The molecule has 0 unspecified atom stereocenters. The third-order valence-corrected chi connectivity index (χ3v) is 5.64. The maximum absolute atomic E-state index is 12.0. The van der Waals surface area contributed by atoms with Crippen LogP contribution in [0.5, 0.6) is 0 Å². The normalized spacial score (nSPS) is 37.1. The Morgan fingerprint density at radius 2 is 2.04 bits per heavy atom. The molecule has 3 rings (SSSR count). The summed E-state index contributed by atoms with van der Waals surface area (Å²) >= 11 is 0. The van der Waals surface area contributed by atoms with Crippen molar-refractivity contribution in [2.24, 2.45) is 17.8 Å². The van der Waals surface area contributed by atoms with Crippen LogP contribution in [0.15, 0.2) is 48.1 Å². The van der Waals surface area contributed by atoms with Gasteiger partial charge in [-0.3, -0.25) is 0 Å². The minimum Gasteiger partial charge on any atom is -0.458 e. The fraction of sp³-hybridized carbons (Fsp3) is 0.500. The van der Waals surface area contributed by atoms with Crippen molar-refractivity contribution < 1.29 is 29.3 Å². The zero-order valence-electron chi connectivity index (χ0n) is 14.8. The average Bonchev–Trinajstić information content (AvgIpc) is 3.01. The number of hydrogen-bond acceptors (Lipinski definition) is 6. The highest BCUT2D eigenvalue weighted by Crippen LogP contribution is 2.52. The van der Waals surface area contributed by atoms with Crippen molar-refractivity contribution in [1.29, 1.82) is 0 Å². The maximum atomic E-state index is 12.0. The van der Waals surface area contributed by atoms with Gasteiger partial charge in [0.1, 0.15) is 12.2 Å². The van der Waals surface area contributed by atoms with E-state index in [1.807, 2.05) is 0 Å². The molecule has 6 nitrogen and oxygen atoms in total. The number of rotatable bonds is 3. The molecule has 0 bridgehead atoms. The van der Waals surface area contributed by atoms with Crippen LogP contribution in [0, 0.1) is 17.8 Å². The summed E-state index contributed by atoms with van der Waals surface area (Å²) in [6, 6.07) is 0. The summed E-state index contributed by atoms with van der Waals surface area (Å²) in [5.41, 5.74) is 2.26. The number of esters is 2. The first-order chi connectivity index (χ1) is 12.2. The Labute approximate surface area is 152 Å². The van der Waals surface area contributed by atoms with E-state index < -0.39 is 36.2 Å². The summed E-state index contributed by atoms with van der Waals surface area (Å²) in [5, 5.41) is 19.5. The minimum atomic E-state index is -0.777. The van der Waals surface area contributed by atoms with Gasteiger partial charge in [-0.25, -0.2) is 9.59 Å². The molecule has 0 amide bonds. The highest BCUT2D eigenvalue weighted by molar-refractivity contribution is 5.91. The molecule has 6 atom stereocenters. The van der Waals surface area contributed by atoms with Gasteiger partial charge in [0, 0.05) is 17.6 Å². The molecule has 26 heavy (non-hydrogen) atoms. The zero-order valence-corrected chi connectivity index (χ0v) is 14.8.